The maximum Gasteiger partial charge on any atom is 0.119 e. The maximum absolute atomic E-state index is 5.85. The fraction of sp³-hybridized carbons (Fsp3) is 0.600. The molecule has 1 aliphatic carbocycles. The van der Waals surface area contributed by atoms with Gasteiger partial charge in [0.25, 0.3) is 0 Å². The highest BCUT2D eigenvalue weighted by Crippen LogP contribution is 2.42. The van der Waals surface area contributed by atoms with Crippen LogP contribution in [0, 0.1) is 11.8 Å². The van der Waals surface area contributed by atoms with Crippen molar-refractivity contribution in [2.45, 2.75) is 32.6 Å². The van der Waals surface area contributed by atoms with Crippen LogP contribution in [0.25, 0.3) is 0 Å². The van der Waals surface area contributed by atoms with Gasteiger partial charge in [0.2, 0.25) is 0 Å². The molecule has 2 nitrogen and oxygen atoms in total. The monoisotopic (exact) mass is 233 g/mol. The summed E-state index contributed by atoms with van der Waals surface area (Å²) in [5.41, 5.74) is 7.22. The largest absolute Gasteiger partial charge is 0.493 e. The van der Waals surface area contributed by atoms with Gasteiger partial charge in [-0.3, -0.25) is 0 Å². The van der Waals surface area contributed by atoms with E-state index >= 15 is 0 Å². The number of nitrogens with two attached hydrogens (primary N) is 1. The van der Waals surface area contributed by atoms with Gasteiger partial charge < -0.3 is 10.5 Å². The zero-order valence-electron chi connectivity index (χ0n) is 10.9. The van der Waals surface area contributed by atoms with Crippen LogP contribution < -0.4 is 10.5 Å². The lowest BCUT2D eigenvalue weighted by Gasteiger charge is -2.15. The maximum atomic E-state index is 5.85. The van der Waals surface area contributed by atoms with E-state index < -0.39 is 0 Å². The summed E-state index contributed by atoms with van der Waals surface area (Å²) in [6.45, 7) is 5.86. The van der Waals surface area contributed by atoms with Crippen molar-refractivity contribution in [2.24, 2.45) is 17.6 Å². The van der Waals surface area contributed by atoms with E-state index in [4.69, 9.17) is 10.5 Å². The van der Waals surface area contributed by atoms with Gasteiger partial charge in [0.05, 0.1) is 6.61 Å². The molecule has 94 valence electrons. The first kappa shape index (κ1) is 12.4. The second kappa shape index (κ2) is 5.54. The Morgan fingerprint density at radius 1 is 1.24 bits per heavy atom. The van der Waals surface area contributed by atoms with Gasteiger partial charge in [-0.05, 0) is 54.8 Å². The van der Waals surface area contributed by atoms with Crippen LogP contribution in [0.2, 0.25) is 0 Å². The number of rotatable bonds is 6. The SMILES string of the molecule is CC(C)COc1ccc(C(CN)C2CC2)cc1. The summed E-state index contributed by atoms with van der Waals surface area (Å²) < 4.78 is 5.68. The molecule has 2 heteroatoms. The summed E-state index contributed by atoms with van der Waals surface area (Å²) in [5, 5.41) is 0. The highest BCUT2D eigenvalue weighted by Gasteiger charge is 2.31. The smallest absolute Gasteiger partial charge is 0.119 e. The summed E-state index contributed by atoms with van der Waals surface area (Å²) in [7, 11) is 0. The molecular weight excluding hydrogens is 210 g/mol. The Bertz CT molecular complexity index is 340. The van der Waals surface area contributed by atoms with Gasteiger partial charge in [-0.25, -0.2) is 0 Å². The molecule has 0 aromatic heterocycles. The molecule has 1 aliphatic rings. The lowest BCUT2D eigenvalue weighted by molar-refractivity contribution is 0.271. The normalized spacial score (nSPS) is 17.2. The van der Waals surface area contributed by atoms with E-state index in [1.165, 1.54) is 18.4 Å². The molecule has 2 rings (SSSR count). The summed E-state index contributed by atoms with van der Waals surface area (Å²) in [4.78, 5) is 0. The molecule has 0 aliphatic heterocycles. The Morgan fingerprint density at radius 3 is 2.35 bits per heavy atom. The van der Waals surface area contributed by atoms with Crippen molar-refractivity contribution in [3.8, 4) is 5.75 Å². The molecule has 1 unspecified atom stereocenters. The topological polar surface area (TPSA) is 35.2 Å². The van der Waals surface area contributed by atoms with Crippen molar-refractivity contribution in [1.82, 2.24) is 0 Å². The zero-order chi connectivity index (χ0) is 12.3. The molecule has 1 aromatic rings. The molecule has 0 heterocycles. The molecule has 1 fully saturated rings. The van der Waals surface area contributed by atoms with Gasteiger partial charge in [-0.2, -0.15) is 0 Å². The molecule has 1 atom stereocenters. The summed E-state index contributed by atoms with van der Waals surface area (Å²) in [5.74, 6) is 2.91. The fourth-order valence-electron chi connectivity index (χ4n) is 2.17. The first-order chi connectivity index (χ1) is 8.20. The quantitative estimate of drug-likeness (QED) is 0.819. The van der Waals surface area contributed by atoms with Gasteiger partial charge in [0.15, 0.2) is 0 Å². The van der Waals surface area contributed by atoms with Gasteiger partial charge in [0, 0.05) is 0 Å². The van der Waals surface area contributed by atoms with E-state index in [9.17, 15) is 0 Å². The average molecular weight is 233 g/mol. The average Bonchev–Trinajstić information content (AvgIpc) is 3.13. The minimum atomic E-state index is 0.550. The van der Waals surface area contributed by atoms with Crippen molar-refractivity contribution in [2.75, 3.05) is 13.2 Å². The summed E-state index contributed by atoms with van der Waals surface area (Å²) >= 11 is 0. The molecular formula is C15H23NO. The van der Waals surface area contributed by atoms with Crippen LogP contribution in [0.4, 0.5) is 0 Å². The van der Waals surface area contributed by atoms with Gasteiger partial charge in [0.1, 0.15) is 5.75 Å². The molecule has 0 amide bonds. The molecule has 2 N–H and O–H groups in total. The molecule has 17 heavy (non-hydrogen) atoms. The van der Waals surface area contributed by atoms with Gasteiger partial charge in [-0.1, -0.05) is 26.0 Å². The van der Waals surface area contributed by atoms with Crippen LogP contribution in [0.1, 0.15) is 38.2 Å². The van der Waals surface area contributed by atoms with Crippen LogP contribution >= 0.6 is 0 Å². The Balaban J connectivity index is 1.96. The summed E-state index contributed by atoms with van der Waals surface area (Å²) in [6.07, 6.45) is 2.68. The summed E-state index contributed by atoms with van der Waals surface area (Å²) in [6, 6.07) is 8.49. The van der Waals surface area contributed by atoms with Crippen LogP contribution in [-0.2, 0) is 0 Å². The van der Waals surface area contributed by atoms with E-state index in [1.54, 1.807) is 0 Å². The predicted molar refractivity (Wildman–Crippen MR) is 71.3 cm³/mol. The van der Waals surface area contributed by atoms with Crippen LogP contribution in [0.5, 0.6) is 5.75 Å². The van der Waals surface area contributed by atoms with Crippen LogP contribution in [0.3, 0.4) is 0 Å². The molecule has 1 aromatic carbocycles. The Kier molecular flexibility index (Phi) is 4.06. The number of hydrogen-bond acceptors (Lipinski definition) is 2. The third-order valence-corrected chi connectivity index (χ3v) is 3.34. The fourth-order valence-corrected chi connectivity index (χ4v) is 2.17. The molecule has 0 bridgehead atoms. The first-order valence-electron chi connectivity index (χ1n) is 6.63. The van der Waals surface area contributed by atoms with E-state index in [0.29, 0.717) is 11.8 Å². The van der Waals surface area contributed by atoms with Crippen molar-refractivity contribution in [3.63, 3.8) is 0 Å². The third kappa shape index (κ3) is 3.47. The zero-order valence-corrected chi connectivity index (χ0v) is 10.9. The minimum absolute atomic E-state index is 0.550. The van der Waals surface area contributed by atoms with Gasteiger partial charge >= 0.3 is 0 Å². The van der Waals surface area contributed by atoms with E-state index in [0.717, 1.165) is 24.8 Å². The molecule has 0 spiro atoms. The number of ether oxygens (including phenoxy) is 1. The minimum Gasteiger partial charge on any atom is -0.493 e. The van der Waals surface area contributed by atoms with Crippen LogP contribution in [-0.4, -0.2) is 13.2 Å². The van der Waals surface area contributed by atoms with E-state index in [1.807, 2.05) is 0 Å². The third-order valence-electron chi connectivity index (χ3n) is 3.34. The van der Waals surface area contributed by atoms with E-state index in [2.05, 4.69) is 38.1 Å². The Labute approximate surface area is 104 Å². The highest BCUT2D eigenvalue weighted by atomic mass is 16.5. The van der Waals surface area contributed by atoms with Crippen molar-refractivity contribution in [3.05, 3.63) is 29.8 Å². The Hall–Kier alpha value is -1.02. The second-order valence-corrected chi connectivity index (χ2v) is 5.45. The van der Waals surface area contributed by atoms with Crippen LogP contribution in [0.15, 0.2) is 24.3 Å². The predicted octanol–water partition coefficient (Wildman–Crippen LogP) is 3.17. The lowest BCUT2D eigenvalue weighted by atomic mass is 9.94. The van der Waals surface area contributed by atoms with E-state index in [-0.39, 0.29) is 0 Å². The van der Waals surface area contributed by atoms with Crippen molar-refractivity contribution < 1.29 is 4.74 Å². The standard InChI is InChI=1S/C15H23NO/c1-11(2)10-17-14-7-5-13(6-8-14)15(9-16)12-3-4-12/h5-8,11-12,15H,3-4,9-10,16H2,1-2H3. The lowest BCUT2D eigenvalue weighted by Crippen LogP contribution is -2.14. The van der Waals surface area contributed by atoms with Crippen molar-refractivity contribution in [1.29, 1.82) is 0 Å². The number of benzene rings is 1. The van der Waals surface area contributed by atoms with Gasteiger partial charge in [-0.15, -0.1) is 0 Å². The first-order valence-corrected chi connectivity index (χ1v) is 6.63. The molecule has 1 saturated carbocycles. The molecule has 0 radical (unpaired) electrons. The second-order valence-electron chi connectivity index (χ2n) is 5.45. The highest BCUT2D eigenvalue weighted by molar-refractivity contribution is 5.30. The van der Waals surface area contributed by atoms with Crippen molar-refractivity contribution >= 4 is 0 Å². The number of hydrogen-bond donors (Lipinski definition) is 1. The Morgan fingerprint density at radius 2 is 1.88 bits per heavy atom. The molecule has 0 saturated heterocycles.